The van der Waals surface area contributed by atoms with Gasteiger partial charge in [0.1, 0.15) is 11.6 Å². The molecule has 1 aromatic carbocycles. The zero-order valence-electron chi connectivity index (χ0n) is 15.3. The first-order chi connectivity index (χ1) is 12.1. The fourth-order valence-corrected chi connectivity index (χ4v) is 3.12. The molecular weight excluding hydrogens is 322 g/mol. The molecule has 0 atom stereocenters. The molecule has 0 aromatic heterocycles. The van der Waals surface area contributed by atoms with Gasteiger partial charge in [-0.3, -0.25) is 4.99 Å². The molecular formula is C19H30F2N4. The van der Waals surface area contributed by atoms with Gasteiger partial charge >= 0.3 is 0 Å². The molecule has 4 nitrogen and oxygen atoms in total. The Balaban J connectivity index is 1.71. The van der Waals surface area contributed by atoms with Crippen LogP contribution in [0.5, 0.6) is 0 Å². The predicted molar refractivity (Wildman–Crippen MR) is 98.9 cm³/mol. The number of halogens is 2. The van der Waals surface area contributed by atoms with Crippen molar-refractivity contribution in [1.82, 2.24) is 15.5 Å². The zero-order valence-corrected chi connectivity index (χ0v) is 15.3. The van der Waals surface area contributed by atoms with Crippen LogP contribution in [0.2, 0.25) is 0 Å². The Bertz CT molecular complexity index is 554. The number of rotatable bonds is 7. The van der Waals surface area contributed by atoms with Crippen molar-refractivity contribution in [3.05, 3.63) is 35.4 Å². The average Bonchev–Trinajstić information content (AvgIpc) is 2.63. The minimum Gasteiger partial charge on any atom is -0.356 e. The van der Waals surface area contributed by atoms with Crippen LogP contribution in [0.15, 0.2) is 23.2 Å². The lowest BCUT2D eigenvalue weighted by Gasteiger charge is -2.33. The number of nitrogens with zero attached hydrogens (tertiary/aromatic N) is 2. The molecule has 0 amide bonds. The molecule has 0 saturated carbocycles. The van der Waals surface area contributed by atoms with Gasteiger partial charge in [-0.05, 0) is 56.0 Å². The third-order valence-corrected chi connectivity index (χ3v) is 4.67. The summed E-state index contributed by atoms with van der Waals surface area (Å²) in [5, 5.41) is 6.63. The highest BCUT2D eigenvalue weighted by Gasteiger charge is 2.19. The summed E-state index contributed by atoms with van der Waals surface area (Å²) >= 11 is 0. The lowest BCUT2D eigenvalue weighted by Crippen LogP contribution is -2.49. The summed E-state index contributed by atoms with van der Waals surface area (Å²) in [6, 6.07) is 3.97. The lowest BCUT2D eigenvalue weighted by molar-refractivity contribution is 0.203. The van der Waals surface area contributed by atoms with E-state index >= 15 is 0 Å². The first-order valence-electron chi connectivity index (χ1n) is 9.25. The minimum atomic E-state index is -0.409. The van der Waals surface area contributed by atoms with Crippen molar-refractivity contribution < 1.29 is 8.78 Å². The molecule has 2 N–H and O–H groups in total. The molecule has 1 aliphatic heterocycles. The molecule has 1 aliphatic rings. The van der Waals surface area contributed by atoms with Crippen LogP contribution in [0.4, 0.5) is 8.78 Å². The quantitative estimate of drug-likeness (QED) is 0.585. The van der Waals surface area contributed by atoms with E-state index < -0.39 is 5.82 Å². The monoisotopic (exact) mass is 352 g/mol. The molecule has 0 unspecified atom stereocenters. The molecule has 0 spiro atoms. The van der Waals surface area contributed by atoms with Crippen molar-refractivity contribution in [2.24, 2.45) is 4.99 Å². The van der Waals surface area contributed by atoms with E-state index in [1.165, 1.54) is 31.5 Å². The average molecular weight is 352 g/mol. The van der Waals surface area contributed by atoms with Crippen LogP contribution >= 0.6 is 0 Å². The van der Waals surface area contributed by atoms with Crippen LogP contribution in [0.1, 0.15) is 38.2 Å². The van der Waals surface area contributed by atoms with Crippen LogP contribution in [0.3, 0.4) is 0 Å². The van der Waals surface area contributed by atoms with Crippen molar-refractivity contribution in [3.63, 3.8) is 0 Å². The second-order valence-corrected chi connectivity index (χ2v) is 6.60. The fraction of sp³-hybridized carbons (Fsp3) is 0.632. The van der Waals surface area contributed by atoms with E-state index in [0.717, 1.165) is 38.0 Å². The summed E-state index contributed by atoms with van der Waals surface area (Å²) in [7, 11) is 1.73. The van der Waals surface area contributed by atoms with Crippen molar-refractivity contribution in [2.45, 2.75) is 45.1 Å². The summed E-state index contributed by atoms with van der Waals surface area (Å²) in [6.45, 7) is 6.15. The maximum Gasteiger partial charge on any atom is 0.191 e. The lowest BCUT2D eigenvalue weighted by atomic mass is 10.0. The van der Waals surface area contributed by atoms with Crippen molar-refractivity contribution in [1.29, 1.82) is 0 Å². The number of benzene rings is 1. The molecule has 1 aromatic rings. The molecule has 0 bridgehead atoms. The fourth-order valence-electron chi connectivity index (χ4n) is 3.12. The first-order valence-corrected chi connectivity index (χ1v) is 9.25. The molecule has 0 aliphatic carbocycles. The number of unbranched alkanes of at least 4 members (excludes halogenated alkanes) is 1. The molecule has 1 saturated heterocycles. The van der Waals surface area contributed by atoms with E-state index in [0.29, 0.717) is 24.6 Å². The maximum absolute atomic E-state index is 13.6. The SMILES string of the molecule is CCCCN1CCC(NC(=NC)NCCc2cc(F)ccc2F)CC1. The van der Waals surface area contributed by atoms with Gasteiger partial charge in [-0.1, -0.05) is 13.3 Å². The number of hydrogen-bond donors (Lipinski definition) is 2. The normalized spacial score (nSPS) is 16.9. The number of guanidine groups is 1. The molecule has 140 valence electrons. The standard InChI is InChI=1S/C19H30F2N4/c1-3-4-11-25-12-8-17(9-13-25)24-19(22-2)23-10-7-15-14-16(20)5-6-18(15)21/h5-6,14,17H,3-4,7-13H2,1-2H3,(H2,22,23,24). The molecule has 0 radical (unpaired) electrons. The van der Waals surface area contributed by atoms with Crippen LogP contribution in [0.25, 0.3) is 0 Å². The van der Waals surface area contributed by atoms with Gasteiger partial charge < -0.3 is 15.5 Å². The van der Waals surface area contributed by atoms with E-state index in [2.05, 4.69) is 27.4 Å². The zero-order chi connectivity index (χ0) is 18.1. The van der Waals surface area contributed by atoms with Gasteiger partial charge in [-0.2, -0.15) is 0 Å². The number of aliphatic imine (C=N–C) groups is 1. The van der Waals surface area contributed by atoms with Gasteiger partial charge in [-0.15, -0.1) is 0 Å². The summed E-state index contributed by atoms with van der Waals surface area (Å²) < 4.78 is 26.8. The third kappa shape index (κ3) is 6.61. The van der Waals surface area contributed by atoms with Crippen LogP contribution in [-0.2, 0) is 6.42 Å². The van der Waals surface area contributed by atoms with E-state index in [4.69, 9.17) is 0 Å². The molecule has 25 heavy (non-hydrogen) atoms. The summed E-state index contributed by atoms with van der Waals surface area (Å²) in [5.74, 6) is -0.0526. The maximum atomic E-state index is 13.6. The first kappa shape index (κ1) is 19.6. The van der Waals surface area contributed by atoms with E-state index in [1.54, 1.807) is 7.05 Å². The van der Waals surface area contributed by atoms with Crippen molar-refractivity contribution in [2.75, 3.05) is 33.2 Å². The Morgan fingerprint density at radius 1 is 1.28 bits per heavy atom. The Morgan fingerprint density at radius 2 is 2.04 bits per heavy atom. The Kier molecular flexibility index (Phi) is 8.12. The van der Waals surface area contributed by atoms with Gasteiger partial charge in [0, 0.05) is 32.7 Å². The molecule has 1 heterocycles. The highest BCUT2D eigenvalue weighted by Crippen LogP contribution is 2.11. The van der Waals surface area contributed by atoms with Gasteiger partial charge in [0.2, 0.25) is 0 Å². The molecule has 6 heteroatoms. The molecule has 2 rings (SSSR count). The van der Waals surface area contributed by atoms with E-state index in [1.807, 2.05) is 0 Å². The minimum absolute atomic E-state index is 0.370. The van der Waals surface area contributed by atoms with E-state index in [-0.39, 0.29) is 5.82 Å². The van der Waals surface area contributed by atoms with Gasteiger partial charge in [0.05, 0.1) is 0 Å². The third-order valence-electron chi connectivity index (χ3n) is 4.67. The predicted octanol–water partition coefficient (Wildman–Crippen LogP) is 2.94. The largest absolute Gasteiger partial charge is 0.356 e. The molecule has 1 fully saturated rings. The number of hydrogen-bond acceptors (Lipinski definition) is 2. The topological polar surface area (TPSA) is 39.7 Å². The Hall–Kier alpha value is -1.69. The number of piperidine rings is 1. The highest BCUT2D eigenvalue weighted by atomic mass is 19.1. The summed E-state index contributed by atoms with van der Waals surface area (Å²) in [5.41, 5.74) is 0.382. The number of likely N-dealkylation sites (tertiary alicyclic amines) is 1. The van der Waals surface area contributed by atoms with Gasteiger partial charge in [0.25, 0.3) is 0 Å². The Labute approximate surface area is 149 Å². The van der Waals surface area contributed by atoms with Gasteiger partial charge in [0.15, 0.2) is 5.96 Å². The van der Waals surface area contributed by atoms with Crippen LogP contribution in [-0.4, -0.2) is 50.1 Å². The Morgan fingerprint density at radius 3 is 2.72 bits per heavy atom. The van der Waals surface area contributed by atoms with Crippen LogP contribution in [0, 0.1) is 11.6 Å². The smallest absolute Gasteiger partial charge is 0.191 e. The van der Waals surface area contributed by atoms with Crippen molar-refractivity contribution in [3.8, 4) is 0 Å². The second-order valence-electron chi connectivity index (χ2n) is 6.60. The summed E-state index contributed by atoms with van der Waals surface area (Å²) in [6.07, 6.45) is 5.12. The van der Waals surface area contributed by atoms with Crippen LogP contribution < -0.4 is 10.6 Å². The number of nitrogens with one attached hydrogen (secondary N) is 2. The van der Waals surface area contributed by atoms with Crippen molar-refractivity contribution >= 4 is 5.96 Å². The summed E-state index contributed by atoms with van der Waals surface area (Å²) in [4.78, 5) is 6.75. The second kappa shape index (κ2) is 10.3. The van der Waals surface area contributed by atoms with Gasteiger partial charge in [-0.25, -0.2) is 8.78 Å². The van der Waals surface area contributed by atoms with E-state index in [9.17, 15) is 8.78 Å². The highest BCUT2D eigenvalue weighted by molar-refractivity contribution is 5.79.